The zero-order valence-electron chi connectivity index (χ0n) is 11.7. The van der Waals surface area contributed by atoms with Gasteiger partial charge in [-0.15, -0.1) is 10.2 Å². The highest BCUT2D eigenvalue weighted by atomic mass is 32.2. The van der Waals surface area contributed by atoms with Crippen molar-refractivity contribution in [3.8, 4) is 0 Å². The largest absolute Gasteiger partial charge is 0.325 e. The van der Waals surface area contributed by atoms with Crippen molar-refractivity contribution in [2.45, 2.75) is 34.1 Å². The molecule has 0 aliphatic heterocycles. The molecular formula is C13H13F2N3OS3. The number of carbonyl (C=O) groups is 1. The van der Waals surface area contributed by atoms with Gasteiger partial charge < -0.3 is 5.32 Å². The number of nitrogens with one attached hydrogen (secondary N) is 1. The average molecular weight is 361 g/mol. The molecular weight excluding hydrogens is 348 g/mol. The molecule has 0 aliphatic rings. The van der Waals surface area contributed by atoms with E-state index in [9.17, 15) is 13.6 Å². The van der Waals surface area contributed by atoms with Crippen LogP contribution in [-0.4, -0.2) is 27.1 Å². The van der Waals surface area contributed by atoms with E-state index in [0.29, 0.717) is 22.3 Å². The van der Waals surface area contributed by atoms with E-state index in [4.69, 9.17) is 0 Å². The summed E-state index contributed by atoms with van der Waals surface area (Å²) in [5.41, 5.74) is 0.574. The van der Waals surface area contributed by atoms with Crippen LogP contribution in [0, 0.1) is 6.92 Å². The maximum Gasteiger partial charge on any atom is 0.288 e. The SMILES string of the molecule is Cc1nnc(S[C@@H](C)C(=O)Nc2ccc(SC(F)F)cc2)s1. The van der Waals surface area contributed by atoms with Crippen molar-refractivity contribution in [3.63, 3.8) is 0 Å². The zero-order valence-corrected chi connectivity index (χ0v) is 14.2. The number of rotatable bonds is 6. The summed E-state index contributed by atoms with van der Waals surface area (Å²) in [5, 5.41) is 11.1. The van der Waals surface area contributed by atoms with Crippen LogP contribution in [0.4, 0.5) is 14.5 Å². The first-order valence-electron chi connectivity index (χ1n) is 6.26. The second-order valence-electron chi connectivity index (χ2n) is 4.24. The van der Waals surface area contributed by atoms with Gasteiger partial charge in [0.1, 0.15) is 5.01 Å². The lowest BCUT2D eigenvalue weighted by Gasteiger charge is -2.10. The lowest BCUT2D eigenvalue weighted by Crippen LogP contribution is -2.22. The van der Waals surface area contributed by atoms with E-state index >= 15 is 0 Å². The molecule has 0 bridgehead atoms. The van der Waals surface area contributed by atoms with Crippen LogP contribution in [0.3, 0.4) is 0 Å². The Hall–Kier alpha value is -1.19. The third-order valence-corrected chi connectivity index (χ3v) is 5.25. The van der Waals surface area contributed by atoms with Crippen LogP contribution in [0.1, 0.15) is 11.9 Å². The molecule has 0 spiro atoms. The van der Waals surface area contributed by atoms with Gasteiger partial charge in [0.05, 0.1) is 5.25 Å². The van der Waals surface area contributed by atoms with E-state index in [1.807, 2.05) is 6.92 Å². The van der Waals surface area contributed by atoms with Gasteiger partial charge in [0.15, 0.2) is 4.34 Å². The molecule has 2 aromatic rings. The number of amides is 1. The van der Waals surface area contributed by atoms with Gasteiger partial charge in [-0.2, -0.15) is 8.78 Å². The number of thioether (sulfide) groups is 2. The van der Waals surface area contributed by atoms with E-state index in [-0.39, 0.29) is 11.2 Å². The number of anilines is 1. The van der Waals surface area contributed by atoms with E-state index in [1.54, 1.807) is 31.2 Å². The number of hydrogen-bond acceptors (Lipinski definition) is 6. The summed E-state index contributed by atoms with van der Waals surface area (Å²) in [4.78, 5) is 12.5. The number of aryl methyl sites for hydroxylation is 1. The van der Waals surface area contributed by atoms with Crippen molar-refractivity contribution in [2.75, 3.05) is 5.32 Å². The third-order valence-electron chi connectivity index (χ3n) is 2.50. The fraction of sp³-hybridized carbons (Fsp3) is 0.308. The highest BCUT2D eigenvalue weighted by Gasteiger charge is 2.17. The quantitative estimate of drug-likeness (QED) is 0.778. The van der Waals surface area contributed by atoms with Crippen molar-refractivity contribution >= 4 is 46.5 Å². The first-order valence-corrected chi connectivity index (χ1v) is 8.84. The fourth-order valence-corrected chi connectivity index (χ4v) is 3.95. The average Bonchev–Trinajstić information content (AvgIpc) is 2.85. The fourth-order valence-electron chi connectivity index (χ4n) is 1.49. The van der Waals surface area contributed by atoms with Gasteiger partial charge in [0.25, 0.3) is 5.76 Å². The molecule has 4 nitrogen and oxygen atoms in total. The topological polar surface area (TPSA) is 54.9 Å². The molecule has 0 radical (unpaired) electrons. The van der Waals surface area contributed by atoms with Gasteiger partial charge >= 0.3 is 0 Å². The minimum atomic E-state index is -2.45. The van der Waals surface area contributed by atoms with Crippen LogP contribution >= 0.6 is 34.9 Å². The summed E-state index contributed by atoms with van der Waals surface area (Å²) in [6.07, 6.45) is 0. The van der Waals surface area contributed by atoms with Crippen molar-refractivity contribution in [3.05, 3.63) is 29.3 Å². The molecule has 22 heavy (non-hydrogen) atoms. The maximum absolute atomic E-state index is 12.2. The predicted octanol–water partition coefficient (Wildman–Crippen LogP) is 4.28. The third kappa shape index (κ3) is 5.22. The van der Waals surface area contributed by atoms with Crippen LogP contribution in [0.2, 0.25) is 0 Å². The molecule has 1 amide bonds. The molecule has 1 N–H and O–H groups in total. The van der Waals surface area contributed by atoms with E-state index in [0.717, 1.165) is 9.35 Å². The van der Waals surface area contributed by atoms with Crippen molar-refractivity contribution in [2.24, 2.45) is 0 Å². The summed E-state index contributed by atoms with van der Waals surface area (Å²) in [7, 11) is 0. The number of alkyl halides is 2. The molecule has 1 atom stereocenters. The molecule has 1 aromatic heterocycles. The lowest BCUT2D eigenvalue weighted by molar-refractivity contribution is -0.115. The number of benzene rings is 1. The Morgan fingerprint density at radius 1 is 1.23 bits per heavy atom. The van der Waals surface area contributed by atoms with Gasteiger partial charge in [-0.25, -0.2) is 0 Å². The van der Waals surface area contributed by atoms with Crippen LogP contribution in [-0.2, 0) is 4.79 Å². The Bertz CT molecular complexity index is 634. The predicted molar refractivity (Wildman–Crippen MR) is 86.9 cm³/mol. The number of halogens is 2. The summed E-state index contributed by atoms with van der Waals surface area (Å²) in [6.45, 7) is 3.63. The minimum Gasteiger partial charge on any atom is -0.325 e. The molecule has 0 saturated heterocycles. The first-order chi connectivity index (χ1) is 10.4. The van der Waals surface area contributed by atoms with E-state index in [1.165, 1.54) is 23.1 Å². The second kappa shape index (κ2) is 7.89. The maximum atomic E-state index is 12.2. The van der Waals surface area contributed by atoms with Gasteiger partial charge in [-0.05, 0) is 38.1 Å². The lowest BCUT2D eigenvalue weighted by atomic mass is 10.3. The first kappa shape index (κ1) is 17.2. The summed E-state index contributed by atoms with van der Waals surface area (Å²) >= 11 is 3.24. The molecule has 0 unspecified atom stereocenters. The number of carbonyl (C=O) groups excluding carboxylic acids is 1. The van der Waals surface area contributed by atoms with Crippen molar-refractivity contribution in [1.29, 1.82) is 0 Å². The van der Waals surface area contributed by atoms with Gasteiger partial charge in [0, 0.05) is 10.6 Å². The molecule has 0 saturated carbocycles. The Morgan fingerprint density at radius 2 is 1.91 bits per heavy atom. The van der Waals surface area contributed by atoms with Crippen molar-refractivity contribution in [1.82, 2.24) is 10.2 Å². The van der Waals surface area contributed by atoms with Gasteiger partial charge in [0.2, 0.25) is 5.91 Å². The summed E-state index contributed by atoms with van der Waals surface area (Å²) in [5.74, 6) is -2.63. The molecule has 1 heterocycles. The monoisotopic (exact) mass is 361 g/mol. The van der Waals surface area contributed by atoms with E-state index < -0.39 is 5.76 Å². The number of aromatic nitrogens is 2. The number of nitrogens with zero attached hydrogens (tertiary/aromatic N) is 2. The summed E-state index contributed by atoms with van der Waals surface area (Å²) < 4.78 is 25.2. The minimum absolute atomic E-state index is 0.174. The number of hydrogen-bond donors (Lipinski definition) is 1. The molecule has 118 valence electrons. The molecule has 2 rings (SSSR count). The Kier molecular flexibility index (Phi) is 6.16. The zero-order chi connectivity index (χ0) is 16.1. The van der Waals surface area contributed by atoms with Crippen LogP contribution in [0.15, 0.2) is 33.5 Å². The standard InChI is InChI=1S/C13H13F2N3OS3/c1-7(20-13-18-17-8(2)21-13)11(19)16-9-3-5-10(6-4-9)22-12(14)15/h3-7,12H,1-2H3,(H,16,19)/t7-/m0/s1. The normalized spacial score (nSPS) is 12.4. The Balaban J connectivity index is 1.90. The molecule has 1 aromatic carbocycles. The highest BCUT2D eigenvalue weighted by molar-refractivity contribution is 8.02. The van der Waals surface area contributed by atoms with Crippen molar-refractivity contribution < 1.29 is 13.6 Å². The van der Waals surface area contributed by atoms with Gasteiger partial charge in [-0.1, -0.05) is 34.9 Å². The molecule has 0 aliphatic carbocycles. The smallest absolute Gasteiger partial charge is 0.288 e. The molecule has 9 heteroatoms. The van der Waals surface area contributed by atoms with Crippen LogP contribution in [0.25, 0.3) is 0 Å². The Labute approximate surface area is 139 Å². The van der Waals surface area contributed by atoms with E-state index in [2.05, 4.69) is 15.5 Å². The van der Waals surface area contributed by atoms with Gasteiger partial charge in [-0.3, -0.25) is 4.79 Å². The summed E-state index contributed by atoms with van der Waals surface area (Å²) in [6, 6.07) is 6.32. The highest BCUT2D eigenvalue weighted by Crippen LogP contribution is 2.28. The Morgan fingerprint density at radius 3 is 2.45 bits per heavy atom. The molecule has 0 fully saturated rings. The second-order valence-corrected chi connectivity index (χ2v) is 8.07. The van der Waals surface area contributed by atoms with Crippen LogP contribution < -0.4 is 5.32 Å². The van der Waals surface area contributed by atoms with Crippen LogP contribution in [0.5, 0.6) is 0 Å².